The molecule has 0 N–H and O–H groups in total. The highest BCUT2D eigenvalue weighted by Gasteiger charge is 2.14. The van der Waals surface area contributed by atoms with Gasteiger partial charge in [0.2, 0.25) is 0 Å². The molecule has 0 aliphatic heterocycles. The van der Waals surface area contributed by atoms with Gasteiger partial charge >= 0.3 is 0 Å². The molecule has 1 rings (SSSR count). The molecule has 1 aromatic carbocycles. The molecule has 0 aromatic heterocycles. The van der Waals surface area contributed by atoms with Gasteiger partial charge in [-0.25, -0.2) is 0 Å². The molecule has 0 aliphatic carbocycles. The Labute approximate surface area is 166 Å². The summed E-state index contributed by atoms with van der Waals surface area (Å²) >= 11 is 0. The number of hydrogen-bond acceptors (Lipinski definition) is 4. The van der Waals surface area contributed by atoms with E-state index in [1.165, 1.54) is 5.56 Å². The van der Waals surface area contributed by atoms with Gasteiger partial charge < -0.3 is 18.9 Å². The summed E-state index contributed by atoms with van der Waals surface area (Å²) < 4.78 is 23.0. The van der Waals surface area contributed by atoms with E-state index in [9.17, 15) is 0 Å². The maximum atomic E-state index is 5.92. The van der Waals surface area contributed by atoms with Gasteiger partial charge in [-0.05, 0) is 41.9 Å². The van der Waals surface area contributed by atoms with Gasteiger partial charge in [-0.3, -0.25) is 0 Å². The number of benzene rings is 1. The van der Waals surface area contributed by atoms with Crippen LogP contribution in [0, 0.1) is 11.8 Å². The molecule has 0 bridgehead atoms. The van der Waals surface area contributed by atoms with Crippen LogP contribution in [0.2, 0.25) is 0 Å². The van der Waals surface area contributed by atoms with Gasteiger partial charge in [0.15, 0.2) is 0 Å². The normalized spacial score (nSPS) is 12.9. The minimum absolute atomic E-state index is 0.122. The minimum Gasteiger partial charge on any atom is -0.491 e. The summed E-state index contributed by atoms with van der Waals surface area (Å²) in [5, 5.41) is 0. The van der Waals surface area contributed by atoms with Crippen molar-refractivity contribution in [2.45, 2.75) is 60.0 Å². The molecule has 0 saturated heterocycles. The molecule has 4 heteroatoms. The van der Waals surface area contributed by atoms with Crippen LogP contribution in [0.15, 0.2) is 24.3 Å². The van der Waals surface area contributed by atoms with Crippen molar-refractivity contribution in [3.8, 4) is 5.75 Å². The number of rotatable bonds is 15. The lowest BCUT2D eigenvalue weighted by atomic mass is 10.0. The van der Waals surface area contributed by atoms with E-state index in [1.54, 1.807) is 0 Å². The van der Waals surface area contributed by atoms with Crippen molar-refractivity contribution in [2.24, 2.45) is 11.8 Å². The Hall–Kier alpha value is -1.10. The van der Waals surface area contributed by atoms with Crippen molar-refractivity contribution < 1.29 is 18.9 Å². The topological polar surface area (TPSA) is 36.9 Å². The van der Waals surface area contributed by atoms with Crippen LogP contribution >= 0.6 is 0 Å². The van der Waals surface area contributed by atoms with Gasteiger partial charge in [-0.2, -0.15) is 0 Å². The first-order chi connectivity index (χ1) is 12.9. The third-order valence-electron chi connectivity index (χ3n) is 4.47. The molecule has 0 heterocycles. The summed E-state index contributed by atoms with van der Waals surface area (Å²) in [6.07, 6.45) is 1.21. The Bertz CT molecular complexity index is 468. The maximum absolute atomic E-state index is 5.92. The highest BCUT2D eigenvalue weighted by atomic mass is 16.6. The van der Waals surface area contributed by atoms with Gasteiger partial charge in [-0.15, -0.1) is 0 Å². The molecule has 4 nitrogen and oxygen atoms in total. The lowest BCUT2D eigenvalue weighted by Crippen LogP contribution is -2.28. The molecule has 156 valence electrons. The Morgan fingerprint density at radius 3 is 2.00 bits per heavy atom. The lowest BCUT2D eigenvalue weighted by molar-refractivity contribution is -0.0596. The van der Waals surface area contributed by atoms with Gasteiger partial charge in [0, 0.05) is 6.61 Å². The maximum Gasteiger partial charge on any atom is 0.119 e. The predicted molar refractivity (Wildman–Crippen MR) is 112 cm³/mol. The van der Waals surface area contributed by atoms with Crippen LogP contribution in [-0.4, -0.2) is 45.7 Å². The van der Waals surface area contributed by atoms with Crippen LogP contribution in [-0.2, 0) is 14.2 Å². The predicted octanol–water partition coefficient (Wildman–Crippen LogP) is 5.31. The minimum atomic E-state index is 0.122. The molecular weight excluding hydrogens is 340 g/mol. The van der Waals surface area contributed by atoms with Crippen molar-refractivity contribution in [1.29, 1.82) is 0 Å². The van der Waals surface area contributed by atoms with Crippen LogP contribution in [0.4, 0.5) is 0 Å². The van der Waals surface area contributed by atoms with Gasteiger partial charge in [0.1, 0.15) is 12.4 Å². The molecule has 0 spiro atoms. The van der Waals surface area contributed by atoms with Crippen LogP contribution in [0.3, 0.4) is 0 Å². The summed E-state index contributed by atoms with van der Waals surface area (Å²) in [6.45, 7) is 16.8. The zero-order chi connectivity index (χ0) is 20.1. The molecule has 0 amide bonds. The second-order valence-corrected chi connectivity index (χ2v) is 8.10. The summed E-state index contributed by atoms with van der Waals surface area (Å²) in [6, 6.07) is 8.27. The quantitative estimate of drug-likeness (QED) is 0.386. The fraction of sp³-hybridized carbons (Fsp3) is 0.739. The van der Waals surface area contributed by atoms with E-state index in [-0.39, 0.29) is 6.10 Å². The second-order valence-electron chi connectivity index (χ2n) is 8.10. The Kier molecular flexibility index (Phi) is 12.4. The molecule has 1 atom stereocenters. The van der Waals surface area contributed by atoms with Crippen molar-refractivity contribution in [2.75, 3.05) is 39.6 Å². The van der Waals surface area contributed by atoms with E-state index in [1.807, 2.05) is 12.1 Å². The largest absolute Gasteiger partial charge is 0.491 e. The van der Waals surface area contributed by atoms with Gasteiger partial charge in [-0.1, -0.05) is 53.7 Å². The summed E-state index contributed by atoms with van der Waals surface area (Å²) in [5.74, 6) is 2.53. The molecule has 0 saturated carbocycles. The zero-order valence-corrected chi connectivity index (χ0v) is 18.2. The molecule has 0 aliphatic rings. The highest BCUT2D eigenvalue weighted by molar-refractivity contribution is 5.28. The van der Waals surface area contributed by atoms with E-state index in [2.05, 4.69) is 53.7 Å². The first kappa shape index (κ1) is 23.9. The number of ether oxygens (including phenoxy) is 4. The van der Waals surface area contributed by atoms with Gasteiger partial charge in [0.05, 0.1) is 32.5 Å². The standard InChI is InChI=1S/C23H40O4/c1-18(2)11-12-25-17-23(20(5)6)27-16-14-24-13-15-26-22-9-7-21(8-10-22)19(3)4/h7-10,18-20,23H,11-17H2,1-6H3. The van der Waals surface area contributed by atoms with Crippen molar-refractivity contribution >= 4 is 0 Å². The van der Waals surface area contributed by atoms with Crippen molar-refractivity contribution in [3.05, 3.63) is 29.8 Å². The van der Waals surface area contributed by atoms with Crippen LogP contribution in [0.25, 0.3) is 0 Å². The molecule has 0 radical (unpaired) electrons. The van der Waals surface area contributed by atoms with Crippen LogP contribution < -0.4 is 4.74 Å². The first-order valence-corrected chi connectivity index (χ1v) is 10.4. The average molecular weight is 381 g/mol. The zero-order valence-electron chi connectivity index (χ0n) is 18.2. The fourth-order valence-electron chi connectivity index (χ4n) is 2.48. The van der Waals surface area contributed by atoms with Gasteiger partial charge in [0.25, 0.3) is 0 Å². The van der Waals surface area contributed by atoms with E-state index < -0.39 is 0 Å². The molecule has 0 fully saturated rings. The van der Waals surface area contributed by atoms with E-state index >= 15 is 0 Å². The van der Waals surface area contributed by atoms with E-state index in [0.29, 0.717) is 50.8 Å². The average Bonchev–Trinajstić information content (AvgIpc) is 2.62. The monoisotopic (exact) mass is 380 g/mol. The smallest absolute Gasteiger partial charge is 0.119 e. The molecular formula is C23H40O4. The Morgan fingerprint density at radius 1 is 0.741 bits per heavy atom. The first-order valence-electron chi connectivity index (χ1n) is 10.4. The molecule has 27 heavy (non-hydrogen) atoms. The van der Waals surface area contributed by atoms with E-state index in [0.717, 1.165) is 18.8 Å². The highest BCUT2D eigenvalue weighted by Crippen LogP contribution is 2.18. The van der Waals surface area contributed by atoms with Crippen molar-refractivity contribution in [1.82, 2.24) is 0 Å². The van der Waals surface area contributed by atoms with E-state index in [4.69, 9.17) is 18.9 Å². The number of hydrogen-bond donors (Lipinski definition) is 0. The fourth-order valence-corrected chi connectivity index (χ4v) is 2.48. The third kappa shape index (κ3) is 11.4. The second kappa shape index (κ2) is 14.0. The molecule has 1 aromatic rings. The van der Waals surface area contributed by atoms with Crippen LogP contribution in [0.5, 0.6) is 5.75 Å². The lowest BCUT2D eigenvalue weighted by Gasteiger charge is -2.21. The summed E-state index contributed by atoms with van der Waals surface area (Å²) in [7, 11) is 0. The van der Waals surface area contributed by atoms with Crippen molar-refractivity contribution in [3.63, 3.8) is 0 Å². The Balaban J connectivity index is 2.08. The third-order valence-corrected chi connectivity index (χ3v) is 4.47. The Morgan fingerprint density at radius 2 is 1.41 bits per heavy atom. The summed E-state index contributed by atoms with van der Waals surface area (Å²) in [4.78, 5) is 0. The van der Waals surface area contributed by atoms with Crippen LogP contribution in [0.1, 0.15) is 59.4 Å². The molecule has 1 unspecified atom stereocenters. The SMILES string of the molecule is CC(C)CCOCC(OCCOCCOc1ccc(C(C)C)cc1)C(C)C. The summed E-state index contributed by atoms with van der Waals surface area (Å²) in [5.41, 5.74) is 1.32.